The largest absolute Gasteiger partial charge is 0.497 e. The fourth-order valence-corrected chi connectivity index (χ4v) is 3.71. The molecular weight excluding hydrogens is 410 g/mol. The first-order chi connectivity index (χ1) is 13.9. The Morgan fingerprint density at radius 2 is 1.48 bits per heavy atom. The molecule has 2 amide bonds. The maximum atomic E-state index is 12.7. The van der Waals surface area contributed by atoms with Gasteiger partial charge in [0.1, 0.15) is 5.75 Å². The van der Waals surface area contributed by atoms with E-state index in [1.54, 1.807) is 73.8 Å². The van der Waals surface area contributed by atoms with Gasteiger partial charge in [0.05, 0.1) is 12.0 Å². The van der Waals surface area contributed by atoms with E-state index in [4.69, 9.17) is 16.3 Å². The molecule has 8 heteroatoms. The van der Waals surface area contributed by atoms with Crippen molar-refractivity contribution in [1.29, 1.82) is 0 Å². The summed E-state index contributed by atoms with van der Waals surface area (Å²) in [6, 6.07) is 18.8. The smallest absolute Gasteiger partial charge is 0.323 e. The van der Waals surface area contributed by atoms with Gasteiger partial charge in [0.25, 0.3) is 0 Å². The average molecular weight is 430 g/mol. The molecule has 29 heavy (non-hydrogen) atoms. The Balaban J connectivity index is 1.68. The lowest BCUT2D eigenvalue weighted by Crippen LogP contribution is -2.19. The van der Waals surface area contributed by atoms with Crippen LogP contribution in [0.3, 0.4) is 0 Å². The first-order valence-corrected chi connectivity index (χ1v) is 10.2. The van der Waals surface area contributed by atoms with Crippen molar-refractivity contribution < 1.29 is 13.7 Å². The van der Waals surface area contributed by atoms with Gasteiger partial charge in [-0.3, -0.25) is 0 Å². The number of carbonyl (C=O) groups is 1. The van der Waals surface area contributed by atoms with Crippen LogP contribution in [0.25, 0.3) is 0 Å². The zero-order valence-electron chi connectivity index (χ0n) is 15.9. The Hall–Kier alpha value is -3.03. The average Bonchev–Trinajstić information content (AvgIpc) is 2.71. The summed E-state index contributed by atoms with van der Waals surface area (Å²) in [4.78, 5) is 12.8. The van der Waals surface area contributed by atoms with Gasteiger partial charge in [-0.15, -0.1) is 0 Å². The molecule has 3 N–H and O–H groups in total. The van der Waals surface area contributed by atoms with Gasteiger partial charge >= 0.3 is 6.03 Å². The van der Waals surface area contributed by atoms with Gasteiger partial charge in [0.15, 0.2) is 11.0 Å². The van der Waals surface area contributed by atoms with Gasteiger partial charge in [-0.25, -0.2) is 9.00 Å². The third-order valence-electron chi connectivity index (χ3n) is 4.05. The highest BCUT2D eigenvalue weighted by Crippen LogP contribution is 2.22. The molecule has 0 radical (unpaired) electrons. The molecule has 0 aliphatic heterocycles. The summed E-state index contributed by atoms with van der Waals surface area (Å²) < 4.78 is 20.8. The number of benzene rings is 3. The van der Waals surface area contributed by atoms with Crippen LogP contribution in [0.5, 0.6) is 5.75 Å². The number of aryl methyl sites for hydroxylation is 1. The number of ether oxygens (including phenoxy) is 1. The summed E-state index contributed by atoms with van der Waals surface area (Å²) >= 11 is 5.88. The minimum absolute atomic E-state index is 0.401. The van der Waals surface area contributed by atoms with Crippen molar-refractivity contribution in [3.8, 4) is 5.75 Å². The van der Waals surface area contributed by atoms with Crippen molar-refractivity contribution in [2.45, 2.75) is 11.8 Å². The van der Waals surface area contributed by atoms with Crippen LogP contribution in [0, 0.1) is 6.92 Å². The number of rotatable bonds is 6. The molecule has 3 rings (SSSR count). The number of halogens is 1. The Bertz CT molecular complexity index is 1020. The van der Waals surface area contributed by atoms with Crippen molar-refractivity contribution in [3.05, 3.63) is 77.3 Å². The number of hydrogen-bond donors (Lipinski definition) is 3. The SMILES string of the molecule is COc1ccc(NC(=O)Nc2ccc(C)c(S(=O)Nc3ccc(Cl)cc3)c2)cc1. The molecule has 1 atom stereocenters. The second-order valence-corrected chi connectivity index (χ2v) is 7.78. The van der Waals surface area contributed by atoms with Crippen molar-refractivity contribution in [3.63, 3.8) is 0 Å². The van der Waals surface area contributed by atoms with E-state index in [0.29, 0.717) is 32.7 Å². The molecule has 0 aromatic heterocycles. The number of amides is 2. The van der Waals surface area contributed by atoms with Crippen molar-refractivity contribution >= 4 is 45.7 Å². The Morgan fingerprint density at radius 3 is 2.14 bits per heavy atom. The fourth-order valence-electron chi connectivity index (χ4n) is 2.53. The summed E-state index contributed by atoms with van der Waals surface area (Å²) in [7, 11) is 0.0812. The lowest BCUT2D eigenvalue weighted by Gasteiger charge is -2.12. The van der Waals surface area contributed by atoms with Gasteiger partial charge in [0, 0.05) is 22.1 Å². The molecule has 150 valence electrons. The number of urea groups is 1. The number of anilines is 3. The Kier molecular flexibility index (Phi) is 6.74. The summed E-state index contributed by atoms with van der Waals surface area (Å²) in [6.07, 6.45) is 0. The molecule has 0 heterocycles. The molecule has 3 aromatic rings. The quantitative estimate of drug-likeness (QED) is 0.488. The van der Waals surface area contributed by atoms with Crippen LogP contribution in [0.15, 0.2) is 71.6 Å². The molecule has 0 saturated carbocycles. The van der Waals surface area contributed by atoms with E-state index in [2.05, 4.69) is 15.4 Å². The van der Waals surface area contributed by atoms with E-state index in [-0.39, 0.29) is 0 Å². The second kappa shape index (κ2) is 9.45. The Labute approximate surface area is 176 Å². The van der Waals surface area contributed by atoms with E-state index < -0.39 is 17.0 Å². The van der Waals surface area contributed by atoms with Crippen molar-refractivity contribution in [2.24, 2.45) is 0 Å². The number of methoxy groups -OCH3 is 1. The lowest BCUT2D eigenvalue weighted by atomic mass is 10.2. The molecule has 0 bridgehead atoms. The highest BCUT2D eigenvalue weighted by Gasteiger charge is 2.11. The van der Waals surface area contributed by atoms with E-state index in [0.717, 1.165) is 5.56 Å². The van der Waals surface area contributed by atoms with Crippen LogP contribution in [0.2, 0.25) is 5.02 Å². The van der Waals surface area contributed by atoms with E-state index >= 15 is 0 Å². The molecule has 3 aromatic carbocycles. The normalized spacial score (nSPS) is 11.4. The highest BCUT2D eigenvalue weighted by atomic mass is 35.5. The lowest BCUT2D eigenvalue weighted by molar-refractivity contribution is 0.262. The molecule has 0 saturated heterocycles. The maximum Gasteiger partial charge on any atom is 0.323 e. The highest BCUT2D eigenvalue weighted by molar-refractivity contribution is 7.86. The molecule has 1 unspecified atom stereocenters. The zero-order valence-corrected chi connectivity index (χ0v) is 17.4. The predicted molar refractivity (Wildman–Crippen MR) is 118 cm³/mol. The van der Waals surface area contributed by atoms with Crippen LogP contribution in [-0.2, 0) is 11.0 Å². The fraction of sp³-hybridized carbons (Fsp3) is 0.0952. The number of nitrogens with one attached hydrogen (secondary N) is 3. The van der Waals surface area contributed by atoms with Gasteiger partial charge in [-0.05, 0) is 73.2 Å². The van der Waals surface area contributed by atoms with Crippen LogP contribution in [0.4, 0.5) is 21.9 Å². The van der Waals surface area contributed by atoms with Gasteiger partial charge < -0.3 is 20.1 Å². The van der Waals surface area contributed by atoms with Gasteiger partial charge in [-0.1, -0.05) is 17.7 Å². The standard InChI is InChI=1S/C21H20ClN3O3S/c1-14-3-6-18(24-21(26)23-16-9-11-19(28-2)12-10-16)13-20(14)29(27)25-17-7-4-15(22)5-8-17/h3-13,25H,1-2H3,(H2,23,24,26). The Morgan fingerprint density at radius 1 is 0.897 bits per heavy atom. The summed E-state index contributed by atoms with van der Waals surface area (Å²) in [5.41, 5.74) is 2.68. The first kappa shape index (κ1) is 20.7. The molecule has 0 aliphatic rings. The van der Waals surface area contributed by atoms with Gasteiger partial charge in [-0.2, -0.15) is 0 Å². The summed E-state index contributed by atoms with van der Waals surface area (Å²) in [5.74, 6) is 0.704. The van der Waals surface area contributed by atoms with Crippen LogP contribution < -0.4 is 20.1 Å². The summed E-state index contributed by atoms with van der Waals surface area (Å²) in [5, 5.41) is 6.10. The van der Waals surface area contributed by atoms with E-state index in [1.807, 2.05) is 6.92 Å². The number of carbonyl (C=O) groups excluding carboxylic acids is 1. The minimum atomic E-state index is -1.50. The molecule has 0 aliphatic carbocycles. The van der Waals surface area contributed by atoms with Crippen LogP contribution in [0.1, 0.15) is 5.56 Å². The molecular formula is C21H20ClN3O3S. The second-order valence-electron chi connectivity index (χ2n) is 6.17. The molecule has 0 spiro atoms. The minimum Gasteiger partial charge on any atom is -0.497 e. The first-order valence-electron chi connectivity index (χ1n) is 8.71. The van der Waals surface area contributed by atoms with Crippen molar-refractivity contribution in [2.75, 3.05) is 22.5 Å². The zero-order chi connectivity index (χ0) is 20.8. The maximum absolute atomic E-state index is 12.7. The third kappa shape index (κ3) is 5.73. The van der Waals surface area contributed by atoms with E-state index in [9.17, 15) is 9.00 Å². The third-order valence-corrected chi connectivity index (χ3v) is 5.56. The van der Waals surface area contributed by atoms with E-state index in [1.165, 1.54) is 0 Å². The molecule has 6 nitrogen and oxygen atoms in total. The molecule has 0 fully saturated rings. The van der Waals surface area contributed by atoms with Gasteiger partial charge in [0.2, 0.25) is 0 Å². The van der Waals surface area contributed by atoms with Crippen molar-refractivity contribution in [1.82, 2.24) is 0 Å². The monoisotopic (exact) mass is 429 g/mol. The summed E-state index contributed by atoms with van der Waals surface area (Å²) in [6.45, 7) is 1.86. The predicted octanol–water partition coefficient (Wildman–Crippen LogP) is 5.44. The van der Waals surface area contributed by atoms with Crippen LogP contribution in [-0.4, -0.2) is 17.3 Å². The topological polar surface area (TPSA) is 79.5 Å². The number of hydrogen-bond acceptors (Lipinski definition) is 3. The van der Waals surface area contributed by atoms with Crippen LogP contribution >= 0.6 is 11.6 Å².